The maximum Gasteiger partial charge on any atom is 0.265 e. The Balaban J connectivity index is 1.32. The summed E-state index contributed by atoms with van der Waals surface area (Å²) < 4.78 is 0. The number of fused-ring (bicyclic) bond motifs is 1. The van der Waals surface area contributed by atoms with E-state index in [4.69, 9.17) is 0 Å². The Kier molecular flexibility index (Phi) is 8.28. The lowest BCUT2D eigenvalue weighted by Crippen LogP contribution is -2.35. The number of hydrogen-bond donors (Lipinski definition) is 1. The van der Waals surface area contributed by atoms with Gasteiger partial charge in [0.1, 0.15) is 0 Å². The third-order valence-corrected chi connectivity index (χ3v) is 7.96. The Morgan fingerprint density at radius 3 is 2.36 bits per heavy atom. The standard InChI is InChI=1S/C34H32N2O2S/c1-3-29(21-25-11-5-4-6-12-25)35-33(37)28-18-16-26(17-19-28)22-32-34(38)36(23-27-13-9-10-24(2)20-27)30-14-7-8-15-31(30)39-32/h4-20,22,29H,3,21,23H2,1-2H3,(H,35,37)/b32-22+/t29-/m0/s1. The van der Waals surface area contributed by atoms with Crippen LogP contribution in [0.4, 0.5) is 5.69 Å². The van der Waals surface area contributed by atoms with Gasteiger partial charge in [-0.15, -0.1) is 0 Å². The Morgan fingerprint density at radius 2 is 1.62 bits per heavy atom. The number of thioether (sulfide) groups is 1. The molecule has 4 nitrogen and oxygen atoms in total. The lowest BCUT2D eigenvalue weighted by molar-refractivity contribution is -0.114. The summed E-state index contributed by atoms with van der Waals surface area (Å²) in [6.45, 7) is 4.66. The van der Waals surface area contributed by atoms with Gasteiger partial charge in [-0.2, -0.15) is 0 Å². The molecule has 4 aromatic rings. The van der Waals surface area contributed by atoms with Gasteiger partial charge in [0.25, 0.3) is 11.8 Å². The van der Waals surface area contributed by atoms with Crippen LogP contribution in [0.15, 0.2) is 113 Å². The molecule has 2 amide bonds. The summed E-state index contributed by atoms with van der Waals surface area (Å²) in [5, 5.41) is 3.16. The summed E-state index contributed by atoms with van der Waals surface area (Å²) in [5.74, 6) is -0.105. The zero-order valence-electron chi connectivity index (χ0n) is 22.3. The Bertz CT molecular complexity index is 1500. The van der Waals surface area contributed by atoms with Crippen LogP contribution in [0.3, 0.4) is 0 Å². The third kappa shape index (κ3) is 6.50. The van der Waals surface area contributed by atoms with Gasteiger partial charge in [-0.05, 0) is 66.8 Å². The van der Waals surface area contributed by atoms with Crippen LogP contribution in [0.25, 0.3) is 6.08 Å². The molecular formula is C34H32N2O2S. The first-order valence-corrected chi connectivity index (χ1v) is 14.1. The summed E-state index contributed by atoms with van der Waals surface area (Å²) in [7, 11) is 0. The molecular weight excluding hydrogens is 500 g/mol. The van der Waals surface area contributed by atoms with E-state index >= 15 is 0 Å². The summed E-state index contributed by atoms with van der Waals surface area (Å²) in [5.41, 5.74) is 5.90. The van der Waals surface area contributed by atoms with Gasteiger partial charge in [0.05, 0.1) is 17.1 Å². The monoisotopic (exact) mass is 532 g/mol. The Labute approximate surface area is 234 Å². The molecule has 0 aliphatic carbocycles. The molecule has 0 fully saturated rings. The highest BCUT2D eigenvalue weighted by Gasteiger charge is 2.29. The van der Waals surface area contributed by atoms with Crippen molar-refractivity contribution in [1.29, 1.82) is 0 Å². The fourth-order valence-electron chi connectivity index (χ4n) is 4.76. The minimum atomic E-state index is -0.0849. The number of benzene rings is 4. The van der Waals surface area contributed by atoms with Crippen LogP contribution < -0.4 is 10.2 Å². The quantitative estimate of drug-likeness (QED) is 0.240. The average molecular weight is 533 g/mol. The first-order chi connectivity index (χ1) is 19.0. The second-order valence-corrected chi connectivity index (χ2v) is 10.9. The van der Waals surface area contributed by atoms with Crippen molar-refractivity contribution in [2.24, 2.45) is 0 Å². The number of aryl methyl sites for hydroxylation is 1. The van der Waals surface area contributed by atoms with Crippen LogP contribution in [-0.4, -0.2) is 17.9 Å². The van der Waals surface area contributed by atoms with Gasteiger partial charge < -0.3 is 10.2 Å². The van der Waals surface area contributed by atoms with Crippen LogP contribution in [-0.2, 0) is 17.8 Å². The molecule has 1 heterocycles. The maximum atomic E-state index is 13.6. The highest BCUT2D eigenvalue weighted by Crippen LogP contribution is 2.42. The van der Waals surface area contributed by atoms with E-state index in [1.54, 1.807) is 0 Å². The van der Waals surface area contributed by atoms with Crippen LogP contribution in [0.5, 0.6) is 0 Å². The van der Waals surface area contributed by atoms with E-state index in [1.807, 2.05) is 77.7 Å². The van der Waals surface area contributed by atoms with Crippen molar-refractivity contribution in [1.82, 2.24) is 5.32 Å². The zero-order valence-corrected chi connectivity index (χ0v) is 23.1. The van der Waals surface area contributed by atoms with Gasteiger partial charge in [-0.25, -0.2) is 0 Å². The van der Waals surface area contributed by atoms with Crippen molar-refractivity contribution in [2.75, 3.05) is 4.90 Å². The van der Waals surface area contributed by atoms with Crippen LogP contribution in [0.1, 0.15) is 46.0 Å². The lowest BCUT2D eigenvalue weighted by atomic mass is 10.0. The highest BCUT2D eigenvalue weighted by atomic mass is 32.2. The van der Waals surface area contributed by atoms with Crippen molar-refractivity contribution in [3.05, 3.63) is 136 Å². The van der Waals surface area contributed by atoms with E-state index in [0.29, 0.717) is 17.0 Å². The molecule has 1 aliphatic rings. The van der Waals surface area contributed by atoms with Gasteiger partial charge in [0, 0.05) is 16.5 Å². The van der Waals surface area contributed by atoms with Gasteiger partial charge in [0.15, 0.2) is 0 Å². The van der Waals surface area contributed by atoms with Gasteiger partial charge >= 0.3 is 0 Å². The molecule has 0 bridgehead atoms. The summed E-state index contributed by atoms with van der Waals surface area (Å²) in [4.78, 5) is 30.1. The number of carbonyl (C=O) groups excluding carboxylic acids is 2. The largest absolute Gasteiger partial charge is 0.349 e. The van der Waals surface area contributed by atoms with Crippen molar-refractivity contribution < 1.29 is 9.59 Å². The lowest BCUT2D eigenvalue weighted by Gasteiger charge is -2.30. The molecule has 39 heavy (non-hydrogen) atoms. The molecule has 0 radical (unpaired) electrons. The Hall–Kier alpha value is -4.09. The van der Waals surface area contributed by atoms with Crippen molar-refractivity contribution in [3.63, 3.8) is 0 Å². The molecule has 5 rings (SSSR count). The summed E-state index contributed by atoms with van der Waals surface area (Å²) in [6.07, 6.45) is 3.57. The first-order valence-electron chi connectivity index (χ1n) is 13.3. The second-order valence-electron chi connectivity index (χ2n) is 9.85. The molecule has 0 saturated carbocycles. The number of nitrogens with one attached hydrogen (secondary N) is 1. The Morgan fingerprint density at radius 1 is 0.897 bits per heavy atom. The SMILES string of the molecule is CC[C@@H](Cc1ccccc1)NC(=O)c1ccc(/C=C2/Sc3ccccc3N(Cc3cccc(C)c3)C2=O)cc1. The van der Waals surface area contributed by atoms with E-state index in [0.717, 1.165) is 34.6 Å². The van der Waals surface area contributed by atoms with E-state index in [1.165, 1.54) is 22.9 Å². The van der Waals surface area contributed by atoms with E-state index < -0.39 is 0 Å². The summed E-state index contributed by atoms with van der Waals surface area (Å²) >= 11 is 1.49. The third-order valence-electron chi connectivity index (χ3n) is 6.88. The molecule has 0 unspecified atom stereocenters. The van der Waals surface area contributed by atoms with Gasteiger partial charge in [0.2, 0.25) is 0 Å². The molecule has 1 aliphatic heterocycles. The number of amides is 2. The molecule has 0 spiro atoms. The molecule has 5 heteroatoms. The number of anilines is 1. The topological polar surface area (TPSA) is 49.4 Å². The van der Waals surface area contributed by atoms with Gasteiger partial charge in [-0.3, -0.25) is 9.59 Å². The van der Waals surface area contributed by atoms with E-state index in [-0.39, 0.29) is 17.9 Å². The highest BCUT2D eigenvalue weighted by molar-refractivity contribution is 8.04. The van der Waals surface area contributed by atoms with E-state index in [9.17, 15) is 9.59 Å². The maximum absolute atomic E-state index is 13.6. The molecule has 1 N–H and O–H groups in total. The smallest absolute Gasteiger partial charge is 0.265 e. The first kappa shape index (κ1) is 26.5. The molecule has 0 saturated heterocycles. The number of hydrogen-bond acceptors (Lipinski definition) is 3. The summed E-state index contributed by atoms with van der Waals surface area (Å²) in [6, 6.07) is 34.0. The number of nitrogens with zero attached hydrogens (tertiary/aromatic N) is 1. The van der Waals surface area contributed by atoms with Crippen LogP contribution in [0.2, 0.25) is 0 Å². The fourth-order valence-corrected chi connectivity index (χ4v) is 5.82. The van der Waals surface area contributed by atoms with Crippen LogP contribution >= 0.6 is 11.8 Å². The van der Waals surface area contributed by atoms with Crippen molar-refractivity contribution in [2.45, 2.75) is 44.2 Å². The average Bonchev–Trinajstić information content (AvgIpc) is 2.96. The predicted octanol–water partition coefficient (Wildman–Crippen LogP) is 7.43. The molecule has 0 aromatic heterocycles. The van der Waals surface area contributed by atoms with Crippen LogP contribution in [0, 0.1) is 6.92 Å². The number of rotatable bonds is 8. The normalized spacial score (nSPS) is 14.7. The number of carbonyl (C=O) groups is 2. The zero-order chi connectivity index (χ0) is 27.2. The minimum absolute atomic E-state index is 0.0197. The fraction of sp³-hybridized carbons (Fsp3) is 0.176. The minimum Gasteiger partial charge on any atom is -0.349 e. The molecule has 1 atom stereocenters. The molecule has 4 aromatic carbocycles. The van der Waals surface area contributed by atoms with E-state index in [2.05, 4.69) is 55.6 Å². The molecule has 196 valence electrons. The second kappa shape index (κ2) is 12.2. The predicted molar refractivity (Wildman–Crippen MR) is 161 cm³/mol. The van der Waals surface area contributed by atoms with Crippen molar-refractivity contribution >= 4 is 35.3 Å². The van der Waals surface area contributed by atoms with Crippen molar-refractivity contribution in [3.8, 4) is 0 Å². The number of para-hydroxylation sites is 1. The van der Waals surface area contributed by atoms with Gasteiger partial charge in [-0.1, -0.05) is 103 Å².